The molecule has 0 N–H and O–H groups in total. The van der Waals surface area contributed by atoms with Crippen molar-refractivity contribution in [2.75, 3.05) is 13.2 Å². The fourth-order valence-electron chi connectivity index (χ4n) is 3.03. The highest BCUT2D eigenvalue weighted by Gasteiger charge is 2.08. The predicted octanol–water partition coefficient (Wildman–Crippen LogP) is 7.47. The normalized spacial score (nSPS) is 11.4. The molecular formula is C26H46O4. The van der Waals surface area contributed by atoms with Crippen LogP contribution < -0.4 is 0 Å². The van der Waals surface area contributed by atoms with Crippen molar-refractivity contribution in [3.05, 3.63) is 24.3 Å². The average molecular weight is 423 g/mol. The van der Waals surface area contributed by atoms with Crippen molar-refractivity contribution < 1.29 is 19.1 Å². The zero-order chi connectivity index (χ0) is 22.1. The third-order valence-electron chi connectivity index (χ3n) is 4.91. The van der Waals surface area contributed by atoms with E-state index < -0.39 is 0 Å². The quantitative estimate of drug-likeness (QED) is 0.109. The fourth-order valence-corrected chi connectivity index (χ4v) is 3.03. The third-order valence-corrected chi connectivity index (χ3v) is 4.91. The van der Waals surface area contributed by atoms with Crippen LogP contribution in [-0.4, -0.2) is 25.2 Å². The van der Waals surface area contributed by atoms with Gasteiger partial charge < -0.3 is 9.47 Å². The van der Waals surface area contributed by atoms with Crippen LogP contribution in [0.25, 0.3) is 0 Å². The SMILES string of the molecule is CCCCCCC/C=C/CCOC(=O)CCC(=O)OCC/C=C/CCCCCCC. The Morgan fingerprint density at radius 2 is 0.900 bits per heavy atom. The molecule has 0 rings (SSSR count). The third kappa shape index (κ3) is 22.7. The Hall–Kier alpha value is -1.58. The molecule has 0 atom stereocenters. The average Bonchev–Trinajstić information content (AvgIpc) is 2.75. The monoisotopic (exact) mass is 422 g/mol. The van der Waals surface area contributed by atoms with Gasteiger partial charge in [-0.05, 0) is 38.5 Å². The van der Waals surface area contributed by atoms with Crippen molar-refractivity contribution in [1.29, 1.82) is 0 Å². The van der Waals surface area contributed by atoms with Gasteiger partial charge in [-0.3, -0.25) is 9.59 Å². The summed E-state index contributed by atoms with van der Waals surface area (Å²) in [5.74, 6) is -0.661. The molecule has 0 radical (unpaired) electrons. The fraction of sp³-hybridized carbons (Fsp3) is 0.769. The maximum atomic E-state index is 11.7. The van der Waals surface area contributed by atoms with Crippen molar-refractivity contribution in [2.24, 2.45) is 0 Å². The molecule has 0 aliphatic carbocycles. The van der Waals surface area contributed by atoms with Gasteiger partial charge in [0.2, 0.25) is 0 Å². The maximum Gasteiger partial charge on any atom is 0.306 e. The Morgan fingerprint density at radius 3 is 1.30 bits per heavy atom. The molecule has 0 aromatic rings. The number of hydrogen-bond acceptors (Lipinski definition) is 4. The maximum absolute atomic E-state index is 11.7. The van der Waals surface area contributed by atoms with Crippen LogP contribution >= 0.6 is 0 Å². The molecular weight excluding hydrogens is 376 g/mol. The van der Waals surface area contributed by atoms with Gasteiger partial charge in [-0.25, -0.2) is 0 Å². The van der Waals surface area contributed by atoms with Gasteiger partial charge in [0.05, 0.1) is 26.1 Å². The van der Waals surface area contributed by atoms with E-state index in [0.717, 1.165) is 25.7 Å². The second kappa shape index (κ2) is 23.7. The molecule has 0 saturated heterocycles. The summed E-state index contributed by atoms with van der Waals surface area (Å²) in [4.78, 5) is 23.3. The Morgan fingerprint density at radius 1 is 0.533 bits per heavy atom. The first kappa shape index (κ1) is 28.4. The van der Waals surface area contributed by atoms with Crippen LogP contribution in [-0.2, 0) is 19.1 Å². The van der Waals surface area contributed by atoms with E-state index in [0.29, 0.717) is 13.2 Å². The molecule has 0 spiro atoms. The molecule has 0 bridgehead atoms. The Kier molecular flexibility index (Phi) is 22.4. The summed E-state index contributed by atoms with van der Waals surface area (Å²) in [7, 11) is 0. The minimum atomic E-state index is -0.331. The van der Waals surface area contributed by atoms with E-state index in [2.05, 4.69) is 38.2 Å². The molecule has 4 nitrogen and oxygen atoms in total. The molecule has 4 heteroatoms. The molecule has 0 heterocycles. The van der Waals surface area contributed by atoms with Gasteiger partial charge >= 0.3 is 11.9 Å². The minimum absolute atomic E-state index is 0.0908. The summed E-state index contributed by atoms with van der Waals surface area (Å²) < 4.78 is 10.3. The van der Waals surface area contributed by atoms with E-state index in [-0.39, 0.29) is 24.8 Å². The van der Waals surface area contributed by atoms with E-state index in [1.54, 1.807) is 0 Å². The summed E-state index contributed by atoms with van der Waals surface area (Å²) in [6, 6.07) is 0. The highest BCUT2D eigenvalue weighted by molar-refractivity contribution is 5.77. The summed E-state index contributed by atoms with van der Waals surface area (Å²) in [5, 5.41) is 0. The Labute approximate surface area is 185 Å². The number of hydrogen-bond donors (Lipinski definition) is 0. The van der Waals surface area contributed by atoms with Crippen molar-refractivity contribution in [1.82, 2.24) is 0 Å². The molecule has 0 fully saturated rings. The van der Waals surface area contributed by atoms with Gasteiger partial charge in [0, 0.05) is 0 Å². The zero-order valence-electron chi connectivity index (χ0n) is 19.7. The zero-order valence-corrected chi connectivity index (χ0v) is 19.7. The van der Waals surface area contributed by atoms with Gasteiger partial charge in [0.15, 0.2) is 0 Å². The van der Waals surface area contributed by atoms with Crippen LogP contribution in [0.15, 0.2) is 24.3 Å². The lowest BCUT2D eigenvalue weighted by molar-refractivity contribution is -0.150. The van der Waals surface area contributed by atoms with Gasteiger partial charge in [-0.1, -0.05) is 89.5 Å². The first-order valence-electron chi connectivity index (χ1n) is 12.3. The number of esters is 2. The van der Waals surface area contributed by atoms with E-state index in [4.69, 9.17) is 9.47 Å². The van der Waals surface area contributed by atoms with Crippen LogP contribution in [0.3, 0.4) is 0 Å². The van der Waals surface area contributed by atoms with Crippen molar-refractivity contribution in [3.63, 3.8) is 0 Å². The lowest BCUT2D eigenvalue weighted by atomic mass is 10.1. The van der Waals surface area contributed by atoms with Crippen LogP contribution in [0.2, 0.25) is 0 Å². The van der Waals surface area contributed by atoms with Gasteiger partial charge in [-0.15, -0.1) is 0 Å². The summed E-state index contributed by atoms with van der Waals surface area (Å²) in [5.41, 5.74) is 0. The molecule has 0 amide bonds. The van der Waals surface area contributed by atoms with E-state index in [1.165, 1.54) is 64.2 Å². The Bertz CT molecular complexity index is 412. The smallest absolute Gasteiger partial charge is 0.306 e. The van der Waals surface area contributed by atoms with Crippen LogP contribution in [0.4, 0.5) is 0 Å². The van der Waals surface area contributed by atoms with Gasteiger partial charge in [0.25, 0.3) is 0 Å². The highest BCUT2D eigenvalue weighted by Crippen LogP contribution is 2.07. The van der Waals surface area contributed by atoms with E-state index in [1.807, 2.05) is 0 Å². The van der Waals surface area contributed by atoms with E-state index in [9.17, 15) is 9.59 Å². The molecule has 0 unspecified atom stereocenters. The molecule has 0 saturated carbocycles. The second-order valence-corrected chi connectivity index (χ2v) is 7.87. The highest BCUT2D eigenvalue weighted by atomic mass is 16.5. The lowest BCUT2D eigenvalue weighted by Crippen LogP contribution is -2.11. The largest absolute Gasteiger partial charge is 0.465 e. The van der Waals surface area contributed by atoms with Crippen molar-refractivity contribution >= 4 is 11.9 Å². The minimum Gasteiger partial charge on any atom is -0.465 e. The van der Waals surface area contributed by atoms with Crippen LogP contribution in [0.1, 0.15) is 117 Å². The number of allylic oxidation sites excluding steroid dienone is 2. The lowest BCUT2D eigenvalue weighted by Gasteiger charge is -2.04. The number of carbonyl (C=O) groups is 2. The van der Waals surface area contributed by atoms with Crippen molar-refractivity contribution in [2.45, 2.75) is 117 Å². The summed E-state index contributed by atoms with van der Waals surface area (Å²) >= 11 is 0. The van der Waals surface area contributed by atoms with Crippen LogP contribution in [0, 0.1) is 0 Å². The topological polar surface area (TPSA) is 52.6 Å². The molecule has 0 aromatic heterocycles. The van der Waals surface area contributed by atoms with Gasteiger partial charge in [0.1, 0.15) is 0 Å². The molecule has 174 valence electrons. The van der Waals surface area contributed by atoms with E-state index >= 15 is 0 Å². The first-order valence-corrected chi connectivity index (χ1v) is 12.3. The number of carbonyl (C=O) groups excluding carboxylic acids is 2. The van der Waals surface area contributed by atoms with Gasteiger partial charge in [-0.2, -0.15) is 0 Å². The molecule has 30 heavy (non-hydrogen) atoms. The standard InChI is InChI=1S/C26H46O4/c1-3-5-7-9-11-13-15-17-19-23-29-25(27)21-22-26(28)30-24-20-18-16-14-12-10-8-6-4-2/h15-18H,3-14,19-24H2,1-2H3/b17-15+,18-16+. The van der Waals surface area contributed by atoms with Crippen molar-refractivity contribution in [3.8, 4) is 0 Å². The summed E-state index contributed by atoms with van der Waals surface area (Å²) in [6.07, 6.45) is 25.2. The van der Waals surface area contributed by atoms with Crippen LogP contribution in [0.5, 0.6) is 0 Å². The first-order chi connectivity index (χ1) is 14.7. The number of ether oxygens (including phenoxy) is 2. The molecule has 0 aromatic carbocycles. The Balaban J connectivity index is 3.45. The number of unbranched alkanes of at least 4 members (excludes halogenated alkanes) is 10. The second-order valence-electron chi connectivity index (χ2n) is 7.87. The molecule has 0 aliphatic heterocycles. The molecule has 0 aliphatic rings. The number of rotatable bonds is 21. The summed E-state index contributed by atoms with van der Waals surface area (Å²) in [6.45, 7) is 5.20. The predicted molar refractivity (Wildman–Crippen MR) is 125 cm³/mol.